The lowest BCUT2D eigenvalue weighted by Gasteiger charge is -2.25. The Morgan fingerprint density at radius 3 is 2.25 bits per heavy atom. The summed E-state index contributed by atoms with van der Waals surface area (Å²) in [7, 11) is 1.98. The number of nitrogens with zero attached hydrogens (tertiary/aromatic N) is 2. The molecule has 0 spiro atoms. The van der Waals surface area contributed by atoms with Gasteiger partial charge in [0.25, 0.3) is 0 Å². The fraction of sp³-hybridized carbons (Fsp3) is 0.692. The van der Waals surface area contributed by atoms with Crippen LogP contribution in [0.4, 0.5) is 0 Å². The molecular weight excluding hydrogens is 198 g/mol. The summed E-state index contributed by atoms with van der Waals surface area (Å²) in [6.45, 7) is 5.22. The fourth-order valence-corrected chi connectivity index (χ4v) is 2.23. The lowest BCUT2D eigenvalue weighted by atomic mass is 9.84. The lowest BCUT2D eigenvalue weighted by Crippen LogP contribution is -2.17. The Balaban J connectivity index is 2.20. The minimum Gasteiger partial charge on any atom is -0.319 e. The third-order valence-electron chi connectivity index (χ3n) is 3.53. The fourth-order valence-electron chi connectivity index (χ4n) is 2.23. The Morgan fingerprint density at radius 2 is 1.81 bits per heavy atom. The summed E-state index contributed by atoms with van der Waals surface area (Å²) < 4.78 is 0. The predicted octanol–water partition coefficient (Wildman–Crippen LogP) is 2.12. The normalized spacial score (nSPS) is 16.2. The van der Waals surface area contributed by atoms with E-state index in [4.69, 9.17) is 0 Å². The van der Waals surface area contributed by atoms with E-state index in [-0.39, 0.29) is 0 Å². The average molecular weight is 219 g/mol. The molecule has 16 heavy (non-hydrogen) atoms. The lowest BCUT2D eigenvalue weighted by molar-refractivity contribution is 0.399. The predicted molar refractivity (Wildman–Crippen MR) is 65.7 cm³/mol. The van der Waals surface area contributed by atoms with Gasteiger partial charge in [0.15, 0.2) is 0 Å². The van der Waals surface area contributed by atoms with Crippen molar-refractivity contribution in [2.24, 2.45) is 0 Å². The maximum atomic E-state index is 4.67. The van der Waals surface area contributed by atoms with Crippen molar-refractivity contribution < 1.29 is 0 Å². The number of hydrogen-bond acceptors (Lipinski definition) is 3. The summed E-state index contributed by atoms with van der Waals surface area (Å²) in [5.41, 5.74) is 3.66. The van der Waals surface area contributed by atoms with Gasteiger partial charge in [-0.05, 0) is 52.3 Å². The van der Waals surface area contributed by atoms with E-state index < -0.39 is 0 Å². The average Bonchev–Trinajstić information content (AvgIpc) is 2.14. The van der Waals surface area contributed by atoms with E-state index in [1.54, 1.807) is 0 Å². The van der Waals surface area contributed by atoms with Crippen molar-refractivity contribution in [2.75, 3.05) is 13.6 Å². The molecule has 0 amide bonds. The third kappa shape index (κ3) is 2.24. The largest absolute Gasteiger partial charge is 0.319 e. The molecule has 1 aromatic heterocycles. The quantitative estimate of drug-likeness (QED) is 0.843. The summed E-state index contributed by atoms with van der Waals surface area (Å²) in [6, 6.07) is 0. The molecule has 0 aromatic carbocycles. The highest BCUT2D eigenvalue weighted by molar-refractivity contribution is 5.25. The van der Waals surface area contributed by atoms with Crippen LogP contribution in [0.15, 0.2) is 0 Å². The van der Waals surface area contributed by atoms with Crippen molar-refractivity contribution in [3.63, 3.8) is 0 Å². The van der Waals surface area contributed by atoms with E-state index in [1.807, 2.05) is 7.05 Å². The van der Waals surface area contributed by atoms with Gasteiger partial charge < -0.3 is 5.32 Å². The van der Waals surface area contributed by atoms with E-state index in [0.717, 1.165) is 18.8 Å². The van der Waals surface area contributed by atoms with Crippen LogP contribution in [0, 0.1) is 13.8 Å². The van der Waals surface area contributed by atoms with E-state index >= 15 is 0 Å². The van der Waals surface area contributed by atoms with Gasteiger partial charge in [0, 0.05) is 17.3 Å². The van der Waals surface area contributed by atoms with Crippen LogP contribution in [0.1, 0.15) is 48.0 Å². The standard InChI is InChI=1S/C13H21N3/c1-9-12(7-8-14-3)10(2)16-13(15-9)11-5-4-6-11/h11,14H,4-8H2,1-3H3. The summed E-state index contributed by atoms with van der Waals surface area (Å²) >= 11 is 0. The number of likely N-dealkylation sites (N-methyl/N-ethyl adjacent to an activating group) is 1. The molecule has 1 aromatic rings. The Kier molecular flexibility index (Phi) is 3.54. The Morgan fingerprint density at radius 1 is 1.19 bits per heavy atom. The summed E-state index contributed by atoms with van der Waals surface area (Å²) in [5.74, 6) is 1.71. The number of rotatable bonds is 4. The monoisotopic (exact) mass is 219 g/mol. The van der Waals surface area contributed by atoms with E-state index in [0.29, 0.717) is 5.92 Å². The van der Waals surface area contributed by atoms with Gasteiger partial charge in [-0.1, -0.05) is 6.42 Å². The van der Waals surface area contributed by atoms with Crippen molar-refractivity contribution in [2.45, 2.75) is 45.4 Å². The Hall–Kier alpha value is -0.960. The molecule has 0 unspecified atom stereocenters. The van der Waals surface area contributed by atoms with Gasteiger partial charge in [0.2, 0.25) is 0 Å². The first kappa shape index (κ1) is 11.5. The first-order valence-electron chi connectivity index (χ1n) is 6.21. The molecule has 88 valence electrons. The van der Waals surface area contributed by atoms with Crippen LogP contribution in [-0.4, -0.2) is 23.6 Å². The van der Waals surface area contributed by atoms with Gasteiger partial charge in [-0.2, -0.15) is 0 Å². The highest BCUT2D eigenvalue weighted by atomic mass is 14.9. The van der Waals surface area contributed by atoms with Gasteiger partial charge in [-0.25, -0.2) is 9.97 Å². The molecular formula is C13H21N3. The van der Waals surface area contributed by atoms with Gasteiger partial charge in [-0.3, -0.25) is 0 Å². The molecule has 0 bridgehead atoms. The van der Waals surface area contributed by atoms with E-state index in [2.05, 4.69) is 29.1 Å². The van der Waals surface area contributed by atoms with Crippen LogP contribution in [-0.2, 0) is 6.42 Å². The van der Waals surface area contributed by atoms with Crippen LogP contribution in [0.5, 0.6) is 0 Å². The van der Waals surface area contributed by atoms with Crippen molar-refractivity contribution in [3.05, 3.63) is 22.8 Å². The minimum absolute atomic E-state index is 0.635. The Labute approximate surface area is 97.7 Å². The van der Waals surface area contributed by atoms with Crippen molar-refractivity contribution in [3.8, 4) is 0 Å². The second kappa shape index (κ2) is 4.91. The number of hydrogen-bond donors (Lipinski definition) is 1. The Bertz CT molecular complexity index is 346. The molecule has 3 nitrogen and oxygen atoms in total. The summed E-state index contributed by atoms with van der Waals surface area (Å²) in [4.78, 5) is 9.34. The minimum atomic E-state index is 0.635. The third-order valence-corrected chi connectivity index (χ3v) is 3.53. The van der Waals surface area contributed by atoms with Gasteiger partial charge >= 0.3 is 0 Å². The van der Waals surface area contributed by atoms with Gasteiger partial charge in [0.05, 0.1) is 0 Å². The molecule has 2 rings (SSSR count). The number of aromatic nitrogens is 2. The molecule has 1 aliphatic rings. The molecule has 1 aliphatic carbocycles. The molecule has 0 atom stereocenters. The maximum Gasteiger partial charge on any atom is 0.131 e. The van der Waals surface area contributed by atoms with Gasteiger partial charge in [-0.15, -0.1) is 0 Å². The summed E-state index contributed by atoms with van der Waals surface area (Å²) in [5, 5.41) is 3.17. The van der Waals surface area contributed by atoms with Gasteiger partial charge in [0.1, 0.15) is 5.82 Å². The summed E-state index contributed by atoms with van der Waals surface area (Å²) in [6.07, 6.45) is 4.91. The maximum absolute atomic E-state index is 4.67. The van der Waals surface area contributed by atoms with Crippen LogP contribution < -0.4 is 5.32 Å². The van der Waals surface area contributed by atoms with Crippen LogP contribution in [0.2, 0.25) is 0 Å². The molecule has 0 saturated heterocycles. The van der Waals surface area contributed by atoms with Crippen LogP contribution in [0.25, 0.3) is 0 Å². The highest BCUT2D eigenvalue weighted by Gasteiger charge is 2.23. The van der Waals surface area contributed by atoms with Crippen molar-refractivity contribution in [1.29, 1.82) is 0 Å². The molecule has 1 heterocycles. The molecule has 3 heteroatoms. The zero-order chi connectivity index (χ0) is 11.5. The smallest absolute Gasteiger partial charge is 0.131 e. The second-order valence-corrected chi connectivity index (χ2v) is 4.71. The number of aryl methyl sites for hydroxylation is 2. The van der Waals surface area contributed by atoms with Crippen LogP contribution >= 0.6 is 0 Å². The SMILES string of the molecule is CNCCc1c(C)nc(C2CCC2)nc1C. The molecule has 1 fully saturated rings. The second-order valence-electron chi connectivity index (χ2n) is 4.71. The topological polar surface area (TPSA) is 37.8 Å². The zero-order valence-corrected chi connectivity index (χ0v) is 10.5. The zero-order valence-electron chi connectivity index (χ0n) is 10.5. The first-order chi connectivity index (χ1) is 7.72. The van der Waals surface area contributed by atoms with Crippen LogP contribution in [0.3, 0.4) is 0 Å². The van der Waals surface area contributed by atoms with Crippen molar-refractivity contribution >= 4 is 0 Å². The van der Waals surface area contributed by atoms with Crippen molar-refractivity contribution in [1.82, 2.24) is 15.3 Å². The molecule has 1 saturated carbocycles. The first-order valence-corrected chi connectivity index (χ1v) is 6.21. The molecule has 0 aliphatic heterocycles. The molecule has 1 N–H and O–H groups in total. The van der Waals surface area contributed by atoms with E-state index in [1.165, 1.54) is 36.2 Å². The highest BCUT2D eigenvalue weighted by Crippen LogP contribution is 2.34. The number of nitrogens with one attached hydrogen (secondary N) is 1. The molecule has 0 radical (unpaired) electrons. The van der Waals surface area contributed by atoms with E-state index in [9.17, 15) is 0 Å².